The number of nitrogens with zero attached hydrogens (tertiary/aromatic N) is 2. The minimum Gasteiger partial charge on any atom is -0.480 e. The van der Waals surface area contributed by atoms with E-state index in [0.29, 0.717) is 29.0 Å². The van der Waals surface area contributed by atoms with Crippen LogP contribution in [-0.4, -0.2) is 32.9 Å². The van der Waals surface area contributed by atoms with Crippen LogP contribution in [0.4, 0.5) is 4.39 Å². The van der Waals surface area contributed by atoms with Gasteiger partial charge in [0.25, 0.3) is 5.91 Å². The Morgan fingerprint density at radius 1 is 1.00 bits per heavy atom. The molecule has 7 heteroatoms. The molecule has 30 heavy (non-hydrogen) atoms. The van der Waals surface area contributed by atoms with E-state index in [0.717, 1.165) is 11.1 Å². The van der Waals surface area contributed by atoms with Crippen molar-refractivity contribution in [3.8, 4) is 11.1 Å². The van der Waals surface area contributed by atoms with Crippen molar-refractivity contribution in [1.82, 2.24) is 9.88 Å². The van der Waals surface area contributed by atoms with Gasteiger partial charge in [0.05, 0.1) is 6.04 Å². The van der Waals surface area contributed by atoms with Gasteiger partial charge in [0.1, 0.15) is 6.04 Å². The van der Waals surface area contributed by atoms with Gasteiger partial charge in [0.2, 0.25) is 5.95 Å². The number of carbonyl (C=O) groups is 2. The van der Waals surface area contributed by atoms with Gasteiger partial charge in [-0.05, 0) is 54.3 Å². The highest BCUT2D eigenvalue weighted by Crippen LogP contribution is 2.40. The van der Waals surface area contributed by atoms with E-state index in [-0.39, 0.29) is 5.91 Å². The van der Waals surface area contributed by atoms with E-state index in [2.05, 4.69) is 4.98 Å². The summed E-state index contributed by atoms with van der Waals surface area (Å²) in [6.07, 6.45) is 2.29. The van der Waals surface area contributed by atoms with Crippen LogP contribution in [-0.2, 0) is 4.79 Å². The molecule has 1 N–H and O–H groups in total. The molecular weight excluding hydrogens is 407 g/mol. The molecule has 0 radical (unpaired) electrons. The van der Waals surface area contributed by atoms with Crippen molar-refractivity contribution in [3.63, 3.8) is 0 Å². The summed E-state index contributed by atoms with van der Waals surface area (Å²) in [4.78, 5) is 30.2. The molecule has 0 spiro atoms. The van der Waals surface area contributed by atoms with Gasteiger partial charge >= 0.3 is 5.97 Å². The summed E-state index contributed by atoms with van der Waals surface area (Å²) in [5.41, 5.74) is 2.61. The molecule has 1 amide bonds. The van der Waals surface area contributed by atoms with E-state index in [4.69, 9.17) is 11.6 Å². The van der Waals surface area contributed by atoms with Gasteiger partial charge in [0, 0.05) is 22.3 Å². The number of aromatic nitrogens is 1. The number of halogens is 2. The maximum absolute atomic E-state index is 13.3. The molecule has 0 unspecified atom stereocenters. The zero-order valence-corrected chi connectivity index (χ0v) is 16.6. The van der Waals surface area contributed by atoms with Crippen molar-refractivity contribution in [3.05, 3.63) is 89.0 Å². The van der Waals surface area contributed by atoms with Crippen LogP contribution in [0.3, 0.4) is 0 Å². The number of pyridine rings is 1. The van der Waals surface area contributed by atoms with E-state index in [1.807, 2.05) is 12.1 Å². The second-order valence-corrected chi connectivity index (χ2v) is 7.54. The summed E-state index contributed by atoms with van der Waals surface area (Å²) in [7, 11) is 0. The monoisotopic (exact) mass is 424 g/mol. The summed E-state index contributed by atoms with van der Waals surface area (Å²) in [5.74, 6) is -1.97. The van der Waals surface area contributed by atoms with Crippen molar-refractivity contribution < 1.29 is 19.1 Å². The number of carboxylic acids is 1. The number of amides is 1. The van der Waals surface area contributed by atoms with Gasteiger partial charge in [-0.2, -0.15) is 4.39 Å². The van der Waals surface area contributed by atoms with Crippen LogP contribution < -0.4 is 0 Å². The zero-order chi connectivity index (χ0) is 21.3. The predicted octanol–water partition coefficient (Wildman–Crippen LogP) is 4.97. The fourth-order valence-electron chi connectivity index (χ4n) is 3.89. The number of carbonyl (C=O) groups excluding carboxylic acids is 1. The Bertz CT molecular complexity index is 1090. The highest BCUT2D eigenvalue weighted by Gasteiger charge is 2.42. The Morgan fingerprint density at radius 3 is 2.33 bits per heavy atom. The molecule has 1 aliphatic rings. The molecule has 0 aliphatic carbocycles. The number of hydrogen-bond acceptors (Lipinski definition) is 3. The Morgan fingerprint density at radius 2 is 1.70 bits per heavy atom. The Labute approximate surface area is 177 Å². The lowest BCUT2D eigenvalue weighted by molar-refractivity contribution is -0.141. The maximum Gasteiger partial charge on any atom is 0.326 e. The van der Waals surface area contributed by atoms with Crippen LogP contribution in [0.2, 0.25) is 5.02 Å². The van der Waals surface area contributed by atoms with Crippen molar-refractivity contribution in [2.75, 3.05) is 0 Å². The van der Waals surface area contributed by atoms with Crippen LogP contribution in [0.1, 0.15) is 34.8 Å². The highest BCUT2D eigenvalue weighted by molar-refractivity contribution is 6.31. The number of likely N-dealkylation sites (tertiary alicyclic amines) is 1. The lowest BCUT2D eigenvalue weighted by Crippen LogP contribution is -2.41. The fraction of sp³-hybridized carbons (Fsp3) is 0.174. The van der Waals surface area contributed by atoms with Crippen molar-refractivity contribution in [2.24, 2.45) is 0 Å². The minimum absolute atomic E-state index is 0.357. The van der Waals surface area contributed by atoms with Gasteiger partial charge < -0.3 is 10.0 Å². The SMILES string of the molecule is O=C(O)[C@@H]1CC[C@H](c2ccccc2Cl)N1C(=O)c1ccc(-c2ccc(F)nc2)cc1. The molecule has 0 saturated carbocycles. The van der Waals surface area contributed by atoms with Gasteiger partial charge in [-0.15, -0.1) is 0 Å². The average Bonchev–Trinajstić information content (AvgIpc) is 3.19. The Balaban J connectivity index is 1.65. The molecule has 0 bridgehead atoms. The highest BCUT2D eigenvalue weighted by atomic mass is 35.5. The van der Waals surface area contributed by atoms with Gasteiger partial charge in [0.15, 0.2) is 0 Å². The van der Waals surface area contributed by atoms with Crippen LogP contribution in [0.25, 0.3) is 11.1 Å². The van der Waals surface area contributed by atoms with Gasteiger partial charge in [-0.1, -0.05) is 41.9 Å². The summed E-state index contributed by atoms with van der Waals surface area (Å²) in [5, 5.41) is 10.2. The number of hydrogen-bond donors (Lipinski definition) is 1. The summed E-state index contributed by atoms with van der Waals surface area (Å²) >= 11 is 6.33. The third kappa shape index (κ3) is 3.78. The van der Waals surface area contributed by atoms with Crippen LogP contribution in [0.15, 0.2) is 66.9 Å². The van der Waals surface area contributed by atoms with E-state index < -0.39 is 24.0 Å². The molecule has 1 fully saturated rings. The quantitative estimate of drug-likeness (QED) is 0.600. The fourth-order valence-corrected chi connectivity index (χ4v) is 4.15. The molecule has 4 rings (SSSR count). The first-order valence-corrected chi connectivity index (χ1v) is 9.85. The third-order valence-electron chi connectivity index (χ3n) is 5.36. The van der Waals surface area contributed by atoms with Gasteiger partial charge in [-0.25, -0.2) is 9.78 Å². The summed E-state index contributed by atoms with van der Waals surface area (Å²) < 4.78 is 13.0. The molecule has 2 atom stereocenters. The topological polar surface area (TPSA) is 70.5 Å². The zero-order valence-electron chi connectivity index (χ0n) is 15.8. The molecule has 2 aromatic carbocycles. The lowest BCUT2D eigenvalue weighted by atomic mass is 10.0. The average molecular weight is 425 g/mol. The Kier molecular flexibility index (Phi) is 5.50. The smallest absolute Gasteiger partial charge is 0.326 e. The largest absolute Gasteiger partial charge is 0.480 e. The van der Waals surface area contributed by atoms with Crippen molar-refractivity contribution in [1.29, 1.82) is 0 Å². The molecular formula is C23H18ClFN2O3. The van der Waals surface area contributed by atoms with Crippen LogP contribution in [0.5, 0.6) is 0 Å². The maximum atomic E-state index is 13.3. The number of rotatable bonds is 4. The molecule has 3 aromatic rings. The van der Waals surface area contributed by atoms with E-state index in [1.165, 1.54) is 17.2 Å². The van der Waals surface area contributed by atoms with E-state index >= 15 is 0 Å². The molecule has 5 nitrogen and oxygen atoms in total. The molecule has 1 aromatic heterocycles. The first-order valence-electron chi connectivity index (χ1n) is 9.47. The van der Waals surface area contributed by atoms with Crippen molar-refractivity contribution >= 4 is 23.5 Å². The number of benzene rings is 2. The number of aliphatic carboxylic acids is 1. The minimum atomic E-state index is -1.04. The van der Waals surface area contributed by atoms with Crippen LogP contribution >= 0.6 is 11.6 Å². The summed E-state index contributed by atoms with van der Waals surface area (Å²) in [6.45, 7) is 0. The molecule has 1 saturated heterocycles. The second kappa shape index (κ2) is 8.24. The molecule has 2 heterocycles. The Hall–Kier alpha value is -3.25. The predicted molar refractivity (Wildman–Crippen MR) is 111 cm³/mol. The first kappa shape index (κ1) is 20.0. The van der Waals surface area contributed by atoms with Crippen molar-refractivity contribution in [2.45, 2.75) is 24.9 Å². The van der Waals surface area contributed by atoms with E-state index in [9.17, 15) is 19.1 Å². The normalized spacial score (nSPS) is 18.4. The van der Waals surface area contributed by atoms with Crippen LogP contribution in [0, 0.1) is 5.95 Å². The summed E-state index contributed by atoms with van der Waals surface area (Å²) in [6, 6.07) is 15.5. The lowest BCUT2D eigenvalue weighted by Gasteiger charge is -2.29. The first-order chi connectivity index (χ1) is 14.5. The number of carboxylic acid groups (broad SMARTS) is 1. The third-order valence-corrected chi connectivity index (χ3v) is 5.71. The standard InChI is InChI=1S/C23H18ClFN2O3/c24-18-4-2-1-3-17(18)19-10-11-20(23(29)30)27(19)22(28)15-7-5-14(6-8-15)16-9-12-21(25)26-13-16/h1-9,12-13,19-20H,10-11H2,(H,29,30)/t19-,20+/m1/s1. The molecule has 1 aliphatic heterocycles. The van der Waals surface area contributed by atoms with Gasteiger partial charge in [-0.3, -0.25) is 4.79 Å². The van der Waals surface area contributed by atoms with E-state index in [1.54, 1.807) is 42.5 Å². The molecule has 152 valence electrons. The second-order valence-electron chi connectivity index (χ2n) is 7.13.